The van der Waals surface area contributed by atoms with Gasteiger partial charge in [-0.2, -0.15) is 10.2 Å². The van der Waals surface area contributed by atoms with E-state index in [1.54, 1.807) is 11.6 Å². The molecule has 32 heavy (non-hydrogen) atoms. The first-order valence-corrected chi connectivity index (χ1v) is 10.6. The van der Waals surface area contributed by atoms with Gasteiger partial charge >= 0.3 is 0 Å². The fourth-order valence-electron chi connectivity index (χ4n) is 4.25. The molecule has 0 saturated carbocycles. The number of carbonyl (C=O) groups excluding carboxylic acids is 1. The third-order valence-electron chi connectivity index (χ3n) is 5.82. The van der Waals surface area contributed by atoms with E-state index in [0.717, 1.165) is 33.8 Å². The summed E-state index contributed by atoms with van der Waals surface area (Å²) in [5.74, 6) is -0.299. The minimum absolute atomic E-state index is 0.299. The summed E-state index contributed by atoms with van der Waals surface area (Å²) in [6.45, 7) is 11.4. The number of para-hydroxylation sites is 1. The lowest BCUT2D eigenvalue weighted by Crippen LogP contribution is -2.34. The second kappa shape index (κ2) is 8.07. The fourth-order valence-corrected chi connectivity index (χ4v) is 4.25. The molecule has 0 bridgehead atoms. The van der Waals surface area contributed by atoms with Crippen molar-refractivity contribution in [3.8, 4) is 5.69 Å². The van der Waals surface area contributed by atoms with Gasteiger partial charge in [0.05, 0.1) is 22.5 Å². The highest BCUT2D eigenvalue weighted by Gasteiger charge is 2.24. The molecule has 0 aliphatic rings. The van der Waals surface area contributed by atoms with E-state index in [0.29, 0.717) is 16.6 Å². The van der Waals surface area contributed by atoms with Gasteiger partial charge in [0, 0.05) is 5.69 Å². The van der Waals surface area contributed by atoms with Crippen molar-refractivity contribution in [2.75, 3.05) is 5.32 Å². The first-order chi connectivity index (χ1) is 15.2. The van der Waals surface area contributed by atoms with Crippen LogP contribution in [0.1, 0.15) is 41.0 Å². The third-order valence-corrected chi connectivity index (χ3v) is 5.82. The Kier molecular flexibility index (Phi) is 5.42. The number of anilines is 1. The smallest absolute Gasteiger partial charge is 0.295 e. The van der Waals surface area contributed by atoms with Crippen LogP contribution in [0.5, 0.6) is 0 Å². The van der Waals surface area contributed by atoms with Crippen LogP contribution in [0, 0.1) is 34.6 Å². The van der Waals surface area contributed by atoms with E-state index in [4.69, 9.17) is 0 Å². The molecule has 7 nitrogen and oxygen atoms in total. The van der Waals surface area contributed by atoms with Gasteiger partial charge in [-0.25, -0.2) is 9.36 Å². The maximum Gasteiger partial charge on any atom is 0.295 e. The molecular formula is C25H27N5O2. The number of hydrogen-bond donors (Lipinski definition) is 1. The highest BCUT2D eigenvalue weighted by Crippen LogP contribution is 2.24. The highest BCUT2D eigenvalue weighted by molar-refractivity contribution is 5.95. The van der Waals surface area contributed by atoms with Gasteiger partial charge in [-0.1, -0.05) is 35.9 Å². The molecule has 0 aliphatic heterocycles. The van der Waals surface area contributed by atoms with Gasteiger partial charge < -0.3 is 5.32 Å². The Hall–Kier alpha value is -3.74. The normalized spacial score (nSPS) is 12.2. The Morgan fingerprint density at radius 3 is 2.22 bits per heavy atom. The van der Waals surface area contributed by atoms with Gasteiger partial charge in [0.2, 0.25) is 5.91 Å². The Morgan fingerprint density at radius 1 is 0.969 bits per heavy atom. The number of amides is 1. The van der Waals surface area contributed by atoms with Crippen molar-refractivity contribution in [2.45, 2.75) is 47.6 Å². The van der Waals surface area contributed by atoms with Crippen molar-refractivity contribution in [3.63, 3.8) is 0 Å². The molecular weight excluding hydrogens is 402 g/mol. The average molecular weight is 430 g/mol. The average Bonchev–Trinajstić information content (AvgIpc) is 3.11. The van der Waals surface area contributed by atoms with Crippen molar-refractivity contribution in [1.82, 2.24) is 19.6 Å². The number of rotatable bonds is 4. The van der Waals surface area contributed by atoms with Crippen molar-refractivity contribution < 1.29 is 4.79 Å². The van der Waals surface area contributed by atoms with Gasteiger partial charge in [-0.15, -0.1) is 0 Å². The van der Waals surface area contributed by atoms with E-state index in [9.17, 15) is 9.59 Å². The summed E-state index contributed by atoms with van der Waals surface area (Å²) >= 11 is 0. The number of aromatic nitrogens is 4. The predicted octanol–water partition coefficient (Wildman–Crippen LogP) is 4.32. The van der Waals surface area contributed by atoms with E-state index in [-0.39, 0.29) is 11.5 Å². The molecule has 1 atom stereocenters. The first-order valence-electron chi connectivity index (χ1n) is 10.6. The number of nitrogens with one attached hydrogen (secondary N) is 1. The molecule has 2 heterocycles. The van der Waals surface area contributed by atoms with Crippen molar-refractivity contribution in [3.05, 3.63) is 80.9 Å². The molecule has 0 saturated heterocycles. The maximum atomic E-state index is 13.3. The fraction of sp³-hybridized carbons (Fsp3) is 0.280. The summed E-state index contributed by atoms with van der Waals surface area (Å²) in [6, 6.07) is 12.9. The van der Waals surface area contributed by atoms with Crippen LogP contribution in [-0.2, 0) is 4.79 Å². The summed E-state index contributed by atoms with van der Waals surface area (Å²) in [6.07, 6.45) is 0. The molecule has 0 unspecified atom stereocenters. The van der Waals surface area contributed by atoms with Crippen LogP contribution < -0.4 is 10.9 Å². The van der Waals surface area contributed by atoms with Gasteiger partial charge in [-0.3, -0.25) is 9.59 Å². The molecule has 1 N–H and O–H groups in total. The summed E-state index contributed by atoms with van der Waals surface area (Å²) in [7, 11) is 0. The molecule has 2 aromatic heterocycles. The molecule has 4 rings (SSSR count). The lowest BCUT2D eigenvalue weighted by atomic mass is 10.0. The standard InChI is InChI=1S/C25H27N5O2/c1-14-12-15(2)22(16(3)13-14)26-24(31)19(6)30-25(32)23-21(17(4)27-30)18(5)29(28-23)20-10-8-7-9-11-20/h7-13,19H,1-6H3,(H,26,31)/t19-/m0/s1. The Balaban J connectivity index is 1.76. The van der Waals surface area contributed by atoms with Crippen molar-refractivity contribution in [2.24, 2.45) is 0 Å². The SMILES string of the molecule is Cc1cc(C)c(NC(=O)[C@H](C)n2nc(C)c3c(C)n(-c4ccccc4)nc3c2=O)c(C)c1. The van der Waals surface area contributed by atoms with E-state index in [1.165, 1.54) is 4.68 Å². The summed E-state index contributed by atoms with van der Waals surface area (Å²) in [4.78, 5) is 26.4. The Morgan fingerprint density at radius 2 is 1.59 bits per heavy atom. The lowest BCUT2D eigenvalue weighted by molar-refractivity contribution is -0.119. The van der Waals surface area contributed by atoms with Crippen LogP contribution >= 0.6 is 0 Å². The van der Waals surface area contributed by atoms with Gasteiger partial charge in [0.15, 0.2) is 5.52 Å². The molecule has 164 valence electrons. The van der Waals surface area contributed by atoms with E-state index < -0.39 is 6.04 Å². The molecule has 1 amide bonds. The Bertz CT molecular complexity index is 1380. The minimum atomic E-state index is -0.798. The highest BCUT2D eigenvalue weighted by atomic mass is 16.2. The molecule has 0 radical (unpaired) electrons. The zero-order valence-corrected chi connectivity index (χ0v) is 19.2. The summed E-state index contributed by atoms with van der Waals surface area (Å²) < 4.78 is 2.97. The monoisotopic (exact) mass is 429 g/mol. The third kappa shape index (κ3) is 3.60. The van der Waals surface area contributed by atoms with Crippen LogP contribution in [0.2, 0.25) is 0 Å². The predicted molar refractivity (Wildman–Crippen MR) is 127 cm³/mol. The van der Waals surface area contributed by atoms with Gasteiger partial charge in [-0.05, 0) is 64.8 Å². The number of hydrogen-bond acceptors (Lipinski definition) is 4. The zero-order valence-electron chi connectivity index (χ0n) is 19.2. The zero-order chi connectivity index (χ0) is 23.2. The molecule has 0 aliphatic carbocycles. The van der Waals surface area contributed by atoms with Gasteiger partial charge in [0.1, 0.15) is 6.04 Å². The first kappa shape index (κ1) is 21.5. The quantitative estimate of drug-likeness (QED) is 0.524. The van der Waals surface area contributed by atoms with Crippen LogP contribution in [0.15, 0.2) is 47.3 Å². The number of aryl methyl sites for hydroxylation is 5. The van der Waals surface area contributed by atoms with Crippen LogP contribution in [0.3, 0.4) is 0 Å². The molecule has 7 heteroatoms. The summed E-state index contributed by atoms with van der Waals surface area (Å²) in [5.41, 5.74) is 6.13. The van der Waals surface area contributed by atoms with E-state index in [1.807, 2.05) is 77.1 Å². The Labute approximate surface area is 186 Å². The van der Waals surface area contributed by atoms with Crippen molar-refractivity contribution in [1.29, 1.82) is 0 Å². The van der Waals surface area contributed by atoms with Gasteiger partial charge in [0.25, 0.3) is 5.56 Å². The maximum absolute atomic E-state index is 13.3. The van der Waals surface area contributed by atoms with E-state index >= 15 is 0 Å². The number of benzene rings is 2. The second-order valence-corrected chi connectivity index (χ2v) is 8.33. The number of fused-ring (bicyclic) bond motifs is 1. The molecule has 0 spiro atoms. The van der Waals surface area contributed by atoms with Crippen LogP contribution in [0.4, 0.5) is 5.69 Å². The lowest BCUT2D eigenvalue weighted by Gasteiger charge is -2.17. The summed E-state index contributed by atoms with van der Waals surface area (Å²) in [5, 5.41) is 12.8. The van der Waals surface area contributed by atoms with Crippen LogP contribution in [0.25, 0.3) is 16.6 Å². The number of carbonyl (C=O) groups is 1. The van der Waals surface area contributed by atoms with E-state index in [2.05, 4.69) is 15.5 Å². The number of nitrogens with zero attached hydrogens (tertiary/aromatic N) is 4. The van der Waals surface area contributed by atoms with Crippen molar-refractivity contribution >= 4 is 22.5 Å². The van der Waals surface area contributed by atoms with Crippen LogP contribution in [-0.4, -0.2) is 25.5 Å². The molecule has 0 fully saturated rings. The minimum Gasteiger partial charge on any atom is -0.324 e. The second-order valence-electron chi connectivity index (χ2n) is 8.33. The molecule has 4 aromatic rings. The molecule has 2 aromatic carbocycles. The largest absolute Gasteiger partial charge is 0.324 e. The topological polar surface area (TPSA) is 81.8 Å².